The standard InChI is InChI=1S/C13H18FN/c1-2-9-15-10-5-8-13(15)11-6-3-4-7-12(11)14/h3-4,6-7,13H,2,5,8-10H2,1H3. The molecule has 0 radical (unpaired) electrons. The summed E-state index contributed by atoms with van der Waals surface area (Å²) in [5, 5.41) is 0. The molecule has 0 spiro atoms. The first-order valence-corrected chi connectivity index (χ1v) is 5.81. The largest absolute Gasteiger partial charge is 0.296 e. The molecule has 0 N–H and O–H groups in total. The number of rotatable bonds is 3. The van der Waals surface area contributed by atoms with Crippen molar-refractivity contribution in [2.45, 2.75) is 32.2 Å². The molecule has 1 saturated heterocycles. The first kappa shape index (κ1) is 10.6. The molecule has 0 amide bonds. The van der Waals surface area contributed by atoms with Gasteiger partial charge in [-0.05, 0) is 38.4 Å². The Morgan fingerprint density at radius 2 is 2.20 bits per heavy atom. The van der Waals surface area contributed by atoms with E-state index in [0.29, 0.717) is 6.04 Å². The summed E-state index contributed by atoms with van der Waals surface area (Å²) in [4.78, 5) is 2.40. The van der Waals surface area contributed by atoms with Crippen molar-refractivity contribution in [3.05, 3.63) is 35.6 Å². The lowest BCUT2D eigenvalue weighted by Gasteiger charge is -2.24. The lowest BCUT2D eigenvalue weighted by Crippen LogP contribution is -2.24. The topological polar surface area (TPSA) is 3.24 Å². The summed E-state index contributed by atoms with van der Waals surface area (Å²) in [5.74, 6) is -0.0505. The van der Waals surface area contributed by atoms with E-state index in [4.69, 9.17) is 0 Å². The molecule has 2 rings (SSSR count). The molecule has 82 valence electrons. The Kier molecular flexibility index (Phi) is 3.37. The third-order valence-corrected chi connectivity index (χ3v) is 3.14. The van der Waals surface area contributed by atoms with Crippen LogP contribution in [0.4, 0.5) is 4.39 Å². The molecule has 1 unspecified atom stereocenters. The van der Waals surface area contributed by atoms with Crippen molar-refractivity contribution in [1.82, 2.24) is 4.90 Å². The maximum atomic E-state index is 13.6. The van der Waals surface area contributed by atoms with E-state index in [2.05, 4.69) is 11.8 Å². The summed E-state index contributed by atoms with van der Waals surface area (Å²) in [6.07, 6.45) is 3.44. The van der Waals surface area contributed by atoms with E-state index in [0.717, 1.165) is 31.5 Å². The summed E-state index contributed by atoms with van der Waals surface area (Å²) in [5.41, 5.74) is 0.878. The number of hydrogen-bond donors (Lipinski definition) is 0. The first-order valence-electron chi connectivity index (χ1n) is 5.81. The van der Waals surface area contributed by atoms with E-state index >= 15 is 0 Å². The number of hydrogen-bond acceptors (Lipinski definition) is 1. The van der Waals surface area contributed by atoms with Gasteiger partial charge in [0.15, 0.2) is 0 Å². The van der Waals surface area contributed by atoms with Gasteiger partial charge in [-0.3, -0.25) is 4.90 Å². The maximum Gasteiger partial charge on any atom is 0.127 e. The quantitative estimate of drug-likeness (QED) is 0.734. The molecule has 1 aliphatic rings. The second-order valence-electron chi connectivity index (χ2n) is 4.22. The van der Waals surface area contributed by atoms with Gasteiger partial charge in [0.25, 0.3) is 0 Å². The maximum absolute atomic E-state index is 13.6. The van der Waals surface area contributed by atoms with E-state index in [1.165, 1.54) is 6.42 Å². The van der Waals surface area contributed by atoms with Crippen LogP contribution in [0.3, 0.4) is 0 Å². The minimum Gasteiger partial charge on any atom is -0.296 e. The van der Waals surface area contributed by atoms with Crippen molar-refractivity contribution >= 4 is 0 Å². The van der Waals surface area contributed by atoms with Gasteiger partial charge in [-0.15, -0.1) is 0 Å². The molecule has 1 heterocycles. The fourth-order valence-electron chi connectivity index (χ4n) is 2.48. The number of halogens is 1. The molecule has 1 atom stereocenters. The van der Waals surface area contributed by atoms with Crippen LogP contribution in [0.25, 0.3) is 0 Å². The SMILES string of the molecule is CCCN1CCCC1c1ccccc1F. The highest BCUT2D eigenvalue weighted by Gasteiger charge is 2.26. The van der Waals surface area contributed by atoms with Crippen molar-refractivity contribution in [2.24, 2.45) is 0 Å². The Morgan fingerprint density at radius 1 is 1.40 bits per heavy atom. The van der Waals surface area contributed by atoms with Gasteiger partial charge in [0, 0.05) is 11.6 Å². The van der Waals surface area contributed by atoms with Crippen LogP contribution in [0.15, 0.2) is 24.3 Å². The van der Waals surface area contributed by atoms with Gasteiger partial charge in [-0.2, -0.15) is 0 Å². The zero-order valence-electron chi connectivity index (χ0n) is 9.25. The third kappa shape index (κ3) is 2.20. The van der Waals surface area contributed by atoms with Gasteiger partial charge < -0.3 is 0 Å². The molecule has 15 heavy (non-hydrogen) atoms. The van der Waals surface area contributed by atoms with Gasteiger partial charge in [0.05, 0.1) is 0 Å². The van der Waals surface area contributed by atoms with E-state index in [9.17, 15) is 4.39 Å². The van der Waals surface area contributed by atoms with Gasteiger partial charge in [0.2, 0.25) is 0 Å². The van der Waals surface area contributed by atoms with Crippen molar-refractivity contribution in [1.29, 1.82) is 0 Å². The van der Waals surface area contributed by atoms with Crippen molar-refractivity contribution in [2.75, 3.05) is 13.1 Å². The smallest absolute Gasteiger partial charge is 0.127 e. The molecule has 1 aromatic rings. The van der Waals surface area contributed by atoms with Crippen molar-refractivity contribution in [3.8, 4) is 0 Å². The summed E-state index contributed by atoms with van der Waals surface area (Å²) in [6, 6.07) is 7.50. The van der Waals surface area contributed by atoms with E-state index < -0.39 is 0 Å². The number of likely N-dealkylation sites (tertiary alicyclic amines) is 1. The Morgan fingerprint density at radius 3 is 2.93 bits per heavy atom. The van der Waals surface area contributed by atoms with E-state index in [1.807, 2.05) is 12.1 Å². The molecule has 0 aliphatic carbocycles. The van der Waals surface area contributed by atoms with Gasteiger partial charge in [-0.1, -0.05) is 25.1 Å². The van der Waals surface area contributed by atoms with Crippen LogP contribution in [0.1, 0.15) is 37.8 Å². The van der Waals surface area contributed by atoms with E-state index in [1.54, 1.807) is 12.1 Å². The lowest BCUT2D eigenvalue weighted by molar-refractivity contribution is 0.253. The van der Waals surface area contributed by atoms with Gasteiger partial charge in [-0.25, -0.2) is 4.39 Å². The predicted molar refractivity (Wildman–Crippen MR) is 60.2 cm³/mol. The number of benzene rings is 1. The minimum absolute atomic E-state index is 0.0505. The average molecular weight is 207 g/mol. The van der Waals surface area contributed by atoms with Crippen molar-refractivity contribution in [3.63, 3.8) is 0 Å². The van der Waals surface area contributed by atoms with Gasteiger partial charge in [0.1, 0.15) is 5.82 Å². The zero-order chi connectivity index (χ0) is 10.7. The Labute approximate surface area is 90.9 Å². The van der Waals surface area contributed by atoms with Crippen LogP contribution in [0, 0.1) is 5.82 Å². The van der Waals surface area contributed by atoms with Crippen LogP contribution in [0.2, 0.25) is 0 Å². The molecular formula is C13H18FN. The normalized spacial score (nSPS) is 22.1. The predicted octanol–water partition coefficient (Wildman–Crippen LogP) is 3.37. The highest BCUT2D eigenvalue weighted by molar-refractivity contribution is 5.22. The van der Waals surface area contributed by atoms with Crippen LogP contribution in [-0.2, 0) is 0 Å². The summed E-state index contributed by atoms with van der Waals surface area (Å²) < 4.78 is 13.6. The average Bonchev–Trinajstić information content (AvgIpc) is 2.67. The number of nitrogens with zero attached hydrogens (tertiary/aromatic N) is 1. The molecule has 0 aromatic heterocycles. The van der Waals surface area contributed by atoms with Crippen LogP contribution in [0.5, 0.6) is 0 Å². The molecule has 1 nitrogen and oxygen atoms in total. The van der Waals surface area contributed by atoms with Crippen molar-refractivity contribution < 1.29 is 4.39 Å². The second-order valence-corrected chi connectivity index (χ2v) is 4.22. The molecule has 1 fully saturated rings. The molecule has 1 aromatic carbocycles. The zero-order valence-corrected chi connectivity index (χ0v) is 9.25. The Balaban J connectivity index is 2.19. The molecule has 1 aliphatic heterocycles. The fraction of sp³-hybridized carbons (Fsp3) is 0.538. The Bertz CT molecular complexity index is 324. The molecular weight excluding hydrogens is 189 g/mol. The van der Waals surface area contributed by atoms with Crippen LogP contribution in [-0.4, -0.2) is 18.0 Å². The summed E-state index contributed by atoms with van der Waals surface area (Å²) in [6.45, 7) is 4.38. The van der Waals surface area contributed by atoms with E-state index in [-0.39, 0.29) is 5.82 Å². The second kappa shape index (κ2) is 4.75. The highest BCUT2D eigenvalue weighted by atomic mass is 19.1. The monoisotopic (exact) mass is 207 g/mol. The molecule has 2 heteroatoms. The highest BCUT2D eigenvalue weighted by Crippen LogP contribution is 2.32. The van der Waals surface area contributed by atoms with Crippen LogP contribution < -0.4 is 0 Å². The molecule has 0 saturated carbocycles. The van der Waals surface area contributed by atoms with Gasteiger partial charge >= 0.3 is 0 Å². The molecule has 0 bridgehead atoms. The first-order chi connectivity index (χ1) is 7.33. The Hall–Kier alpha value is -0.890. The summed E-state index contributed by atoms with van der Waals surface area (Å²) >= 11 is 0. The lowest BCUT2D eigenvalue weighted by atomic mass is 10.0. The van der Waals surface area contributed by atoms with Crippen LogP contribution >= 0.6 is 0 Å². The summed E-state index contributed by atoms with van der Waals surface area (Å²) in [7, 11) is 0. The third-order valence-electron chi connectivity index (χ3n) is 3.14. The fourth-order valence-corrected chi connectivity index (χ4v) is 2.48. The minimum atomic E-state index is -0.0505.